The summed E-state index contributed by atoms with van der Waals surface area (Å²) in [5.74, 6) is -1.04. The molecule has 0 radical (unpaired) electrons. The van der Waals surface area contributed by atoms with Crippen molar-refractivity contribution >= 4 is 34.8 Å². The lowest BCUT2D eigenvalue weighted by Crippen LogP contribution is -2.34. The molecule has 0 aromatic heterocycles. The van der Waals surface area contributed by atoms with E-state index in [-0.39, 0.29) is 12.5 Å². The number of rotatable bonds is 7. The fourth-order valence-corrected chi connectivity index (χ4v) is 3.49. The second kappa shape index (κ2) is 10.9. The van der Waals surface area contributed by atoms with Crippen LogP contribution in [-0.2, 0) is 4.79 Å². The number of ether oxygens (including phenoxy) is 1. The first kappa shape index (κ1) is 23.4. The Labute approximate surface area is 202 Å². The highest BCUT2D eigenvalue weighted by Gasteiger charge is 2.13. The van der Waals surface area contributed by atoms with Crippen molar-refractivity contribution in [3.05, 3.63) is 113 Å². The fraction of sp³-hybridized carbons (Fsp3) is 0.0714. The highest BCUT2D eigenvalue weighted by Crippen LogP contribution is 2.27. The number of hydrogen-bond donors (Lipinski definition) is 2. The predicted molar refractivity (Wildman–Crippen MR) is 135 cm³/mol. The van der Waals surface area contributed by atoms with Gasteiger partial charge in [0.25, 0.3) is 11.8 Å². The first-order valence-corrected chi connectivity index (χ1v) is 11.0. The molecule has 2 amide bonds. The van der Waals surface area contributed by atoms with E-state index in [2.05, 4.69) is 15.8 Å². The Hall–Kier alpha value is -4.78. The molecule has 0 spiro atoms. The SMILES string of the molecule is Cc1cccc(C(=O)NCC(=O)N/N=C\c2c(OC(=O)c3ccccc3)ccc3ccccc23)c1. The molecule has 0 atom stereocenters. The number of esters is 1. The van der Waals surface area contributed by atoms with Gasteiger partial charge in [-0.3, -0.25) is 9.59 Å². The van der Waals surface area contributed by atoms with Gasteiger partial charge >= 0.3 is 5.97 Å². The summed E-state index contributed by atoms with van der Waals surface area (Å²) >= 11 is 0. The zero-order valence-electron chi connectivity index (χ0n) is 19.0. The van der Waals surface area contributed by atoms with Crippen LogP contribution in [0.5, 0.6) is 5.75 Å². The lowest BCUT2D eigenvalue weighted by atomic mass is 10.0. The second-order valence-electron chi connectivity index (χ2n) is 7.80. The van der Waals surface area contributed by atoms with Crippen molar-refractivity contribution in [3.63, 3.8) is 0 Å². The highest BCUT2D eigenvalue weighted by molar-refractivity contribution is 6.04. The number of hydrogen-bond acceptors (Lipinski definition) is 5. The van der Waals surface area contributed by atoms with Gasteiger partial charge in [0.05, 0.1) is 18.3 Å². The number of carbonyl (C=O) groups is 3. The van der Waals surface area contributed by atoms with Gasteiger partial charge in [-0.25, -0.2) is 10.2 Å². The van der Waals surface area contributed by atoms with E-state index < -0.39 is 11.9 Å². The van der Waals surface area contributed by atoms with Crippen LogP contribution in [0.1, 0.15) is 31.8 Å². The molecule has 7 nitrogen and oxygen atoms in total. The van der Waals surface area contributed by atoms with Crippen LogP contribution in [0.25, 0.3) is 10.8 Å². The third kappa shape index (κ3) is 5.97. The molecule has 0 saturated heterocycles. The molecule has 0 heterocycles. The number of carbonyl (C=O) groups excluding carboxylic acids is 3. The highest BCUT2D eigenvalue weighted by atomic mass is 16.5. The van der Waals surface area contributed by atoms with Gasteiger partial charge in [-0.05, 0) is 48.0 Å². The Bertz CT molecular complexity index is 1410. The maximum Gasteiger partial charge on any atom is 0.343 e. The van der Waals surface area contributed by atoms with Gasteiger partial charge in [0.1, 0.15) is 5.75 Å². The molecular formula is C28H23N3O4. The van der Waals surface area contributed by atoms with E-state index >= 15 is 0 Å². The summed E-state index contributed by atoms with van der Waals surface area (Å²) in [4.78, 5) is 37.0. The molecule has 4 aromatic carbocycles. The minimum absolute atomic E-state index is 0.241. The van der Waals surface area contributed by atoms with E-state index in [4.69, 9.17) is 4.74 Å². The van der Waals surface area contributed by atoms with Crippen LogP contribution in [0.15, 0.2) is 96.1 Å². The number of hydrazone groups is 1. The number of amides is 2. The molecule has 7 heteroatoms. The van der Waals surface area contributed by atoms with Crippen molar-refractivity contribution in [1.82, 2.24) is 10.7 Å². The Morgan fingerprint density at radius 3 is 2.40 bits per heavy atom. The number of benzene rings is 4. The molecule has 0 aliphatic carbocycles. The van der Waals surface area contributed by atoms with Crippen LogP contribution in [0.3, 0.4) is 0 Å². The van der Waals surface area contributed by atoms with E-state index in [1.807, 2.05) is 49.4 Å². The first-order chi connectivity index (χ1) is 17.0. The summed E-state index contributed by atoms with van der Waals surface area (Å²) in [5.41, 5.74) is 4.78. The monoisotopic (exact) mass is 465 g/mol. The van der Waals surface area contributed by atoms with Gasteiger partial charge < -0.3 is 10.1 Å². The summed E-state index contributed by atoms with van der Waals surface area (Å²) in [6.45, 7) is 1.65. The van der Waals surface area contributed by atoms with Crippen LogP contribution in [0.4, 0.5) is 0 Å². The average molecular weight is 466 g/mol. The quantitative estimate of drug-likeness (QED) is 0.185. The molecule has 0 bridgehead atoms. The van der Waals surface area contributed by atoms with Gasteiger partial charge in [-0.1, -0.05) is 66.2 Å². The molecule has 0 unspecified atom stereocenters. The average Bonchev–Trinajstić information content (AvgIpc) is 2.88. The summed E-state index contributed by atoms with van der Waals surface area (Å²) in [7, 11) is 0. The third-order valence-corrected chi connectivity index (χ3v) is 5.22. The predicted octanol–water partition coefficient (Wildman–Crippen LogP) is 4.25. The Morgan fingerprint density at radius 1 is 0.857 bits per heavy atom. The van der Waals surface area contributed by atoms with Crippen LogP contribution >= 0.6 is 0 Å². The number of nitrogens with one attached hydrogen (secondary N) is 2. The van der Waals surface area contributed by atoms with Crippen molar-refractivity contribution in [2.45, 2.75) is 6.92 Å². The molecule has 4 aromatic rings. The van der Waals surface area contributed by atoms with Crippen LogP contribution < -0.4 is 15.5 Å². The maximum absolute atomic E-state index is 12.6. The van der Waals surface area contributed by atoms with E-state index in [0.29, 0.717) is 22.4 Å². The van der Waals surface area contributed by atoms with Gasteiger partial charge in [-0.2, -0.15) is 5.10 Å². The largest absolute Gasteiger partial charge is 0.422 e. The molecule has 174 valence electrons. The molecule has 0 fully saturated rings. The van der Waals surface area contributed by atoms with Crippen molar-refractivity contribution in [1.29, 1.82) is 0 Å². The molecular weight excluding hydrogens is 442 g/mol. The summed E-state index contributed by atoms with van der Waals surface area (Å²) in [6, 6.07) is 26.9. The van der Waals surface area contributed by atoms with E-state index in [1.165, 1.54) is 6.21 Å². The third-order valence-electron chi connectivity index (χ3n) is 5.22. The summed E-state index contributed by atoms with van der Waals surface area (Å²) in [6.07, 6.45) is 1.43. The Balaban J connectivity index is 1.46. The molecule has 0 aliphatic rings. The molecule has 0 saturated carbocycles. The van der Waals surface area contributed by atoms with Gasteiger partial charge in [0.2, 0.25) is 0 Å². The number of fused-ring (bicyclic) bond motifs is 1. The van der Waals surface area contributed by atoms with E-state index in [0.717, 1.165) is 16.3 Å². The van der Waals surface area contributed by atoms with Gasteiger partial charge in [0, 0.05) is 11.1 Å². The maximum atomic E-state index is 12.6. The fourth-order valence-electron chi connectivity index (χ4n) is 3.49. The van der Waals surface area contributed by atoms with Gasteiger partial charge in [-0.15, -0.1) is 0 Å². The standard InChI is InChI=1S/C28H23N3O4/c1-19-8-7-12-22(16-19)27(33)29-18-26(32)31-30-17-24-23-13-6-5-9-20(23)14-15-25(24)35-28(34)21-10-3-2-4-11-21/h2-17H,18H2,1H3,(H,29,33)(H,31,32)/b30-17-. The van der Waals surface area contributed by atoms with E-state index in [1.54, 1.807) is 48.5 Å². The lowest BCUT2D eigenvalue weighted by molar-refractivity contribution is -0.120. The van der Waals surface area contributed by atoms with Crippen LogP contribution in [0.2, 0.25) is 0 Å². The summed E-state index contributed by atoms with van der Waals surface area (Å²) in [5, 5.41) is 8.32. The zero-order valence-corrected chi connectivity index (χ0v) is 19.0. The topological polar surface area (TPSA) is 96.9 Å². The van der Waals surface area contributed by atoms with Crippen molar-refractivity contribution in [2.24, 2.45) is 5.10 Å². The minimum Gasteiger partial charge on any atom is -0.422 e. The van der Waals surface area contributed by atoms with Crippen LogP contribution in [-0.4, -0.2) is 30.5 Å². The van der Waals surface area contributed by atoms with E-state index in [9.17, 15) is 14.4 Å². The summed E-state index contributed by atoms with van der Waals surface area (Å²) < 4.78 is 5.63. The zero-order chi connectivity index (χ0) is 24.6. The number of nitrogens with zero attached hydrogens (tertiary/aromatic N) is 1. The molecule has 4 rings (SSSR count). The second-order valence-corrected chi connectivity index (χ2v) is 7.80. The Morgan fingerprint density at radius 2 is 1.60 bits per heavy atom. The van der Waals surface area contributed by atoms with Crippen molar-refractivity contribution < 1.29 is 19.1 Å². The molecule has 0 aliphatic heterocycles. The van der Waals surface area contributed by atoms with Crippen LogP contribution in [0, 0.1) is 6.92 Å². The number of aryl methyl sites for hydroxylation is 1. The normalized spacial score (nSPS) is 10.8. The minimum atomic E-state index is -0.501. The smallest absolute Gasteiger partial charge is 0.343 e. The molecule has 2 N–H and O–H groups in total. The molecule has 35 heavy (non-hydrogen) atoms. The van der Waals surface area contributed by atoms with Crippen molar-refractivity contribution in [2.75, 3.05) is 6.54 Å². The Kier molecular flexibility index (Phi) is 7.28. The first-order valence-electron chi connectivity index (χ1n) is 11.0. The van der Waals surface area contributed by atoms with Crippen molar-refractivity contribution in [3.8, 4) is 5.75 Å². The lowest BCUT2D eigenvalue weighted by Gasteiger charge is -2.10. The van der Waals surface area contributed by atoms with Gasteiger partial charge in [0.15, 0.2) is 0 Å².